The summed E-state index contributed by atoms with van der Waals surface area (Å²) >= 11 is 0. The van der Waals surface area contributed by atoms with Gasteiger partial charge in [0.25, 0.3) is 0 Å². The summed E-state index contributed by atoms with van der Waals surface area (Å²) in [5.74, 6) is -0.906. The molecular weight excluding hydrogens is 505 g/mol. The van der Waals surface area contributed by atoms with Crippen LogP contribution in [0.25, 0.3) is 0 Å². The number of nitrogens with zero attached hydrogens (tertiary/aromatic N) is 1. The van der Waals surface area contributed by atoms with Gasteiger partial charge in [0.2, 0.25) is 0 Å². The molecule has 0 N–H and O–H groups in total. The molecule has 0 saturated carbocycles. The molecule has 0 aliphatic heterocycles. The number of unbranched alkanes of at least 4 members (excludes halogenated alkanes) is 26. The van der Waals surface area contributed by atoms with Crippen LogP contribution in [-0.4, -0.2) is 30.5 Å². The van der Waals surface area contributed by atoms with Crippen LogP contribution in [0.4, 0.5) is 0 Å². The topological polar surface area (TPSA) is 43.4 Å². The summed E-state index contributed by atoms with van der Waals surface area (Å²) in [5, 5.41) is 11.0. The fraction of sp³-hybridized carbons (Fsp3) is 0.971. The van der Waals surface area contributed by atoms with Crippen molar-refractivity contribution in [2.24, 2.45) is 0 Å². The predicted octanol–water partition coefficient (Wildman–Crippen LogP) is 7.40. The second kappa shape index (κ2) is 37.1. The molecule has 3 nitrogen and oxygen atoms in total. The third-order valence-electron chi connectivity index (χ3n) is 8.29. The fourth-order valence-electron chi connectivity index (χ4n) is 5.64. The molecule has 0 atom stereocenters. The summed E-state index contributed by atoms with van der Waals surface area (Å²) in [6, 6.07) is 0. The molecule has 0 amide bonds. The van der Waals surface area contributed by atoms with Gasteiger partial charge in [0.15, 0.2) is 0 Å². The number of carbonyl (C=O) groups excluding carboxylic acids is 1. The number of carbonyl (C=O) groups is 1. The summed E-state index contributed by atoms with van der Waals surface area (Å²) in [4.78, 5) is 13.4. The van der Waals surface area contributed by atoms with Crippen molar-refractivity contribution in [1.82, 2.24) is 4.90 Å². The Hall–Kier alpha value is 1.07. The molecule has 0 spiro atoms. The molecule has 0 aromatic carbocycles. The molecule has 228 valence electrons. The predicted molar refractivity (Wildman–Crippen MR) is 167 cm³/mol. The van der Waals surface area contributed by atoms with E-state index in [9.17, 15) is 9.90 Å². The van der Waals surface area contributed by atoms with E-state index in [0.29, 0.717) is 6.54 Å². The van der Waals surface area contributed by atoms with Crippen LogP contribution >= 0.6 is 0 Å². The Morgan fingerprint density at radius 2 is 0.641 bits per heavy atom. The molecule has 0 rings (SSSR count). The van der Waals surface area contributed by atoms with Gasteiger partial charge in [-0.2, -0.15) is 0 Å². The smallest absolute Gasteiger partial charge is 0.550 e. The second-order valence-electron chi connectivity index (χ2n) is 12.2. The van der Waals surface area contributed by atoms with Crippen LogP contribution in [0.3, 0.4) is 0 Å². The van der Waals surface area contributed by atoms with Gasteiger partial charge in [-0.15, -0.1) is 0 Å². The monoisotopic (exact) mass is 576 g/mol. The molecule has 0 aromatic rings. The maximum atomic E-state index is 11.0. The Morgan fingerprint density at radius 3 is 0.872 bits per heavy atom. The van der Waals surface area contributed by atoms with E-state index in [2.05, 4.69) is 18.7 Å². The number of carboxylic acid groups (broad SMARTS) is 1. The van der Waals surface area contributed by atoms with Crippen molar-refractivity contribution in [3.05, 3.63) is 0 Å². The zero-order valence-corrected chi connectivity index (χ0v) is 30.5. The van der Waals surface area contributed by atoms with Crippen LogP contribution in [0.5, 0.6) is 0 Å². The van der Waals surface area contributed by atoms with Crippen molar-refractivity contribution < 1.29 is 61.3 Å². The Kier molecular flexibility index (Phi) is 40.1. The van der Waals surface area contributed by atoms with E-state index < -0.39 is 5.97 Å². The minimum Gasteiger partial charge on any atom is -0.550 e. The average Bonchev–Trinajstić information content (AvgIpc) is 2.91. The summed E-state index contributed by atoms with van der Waals surface area (Å²) in [6.45, 7) is 7.36. The first-order valence-electron chi connectivity index (χ1n) is 17.6. The zero-order chi connectivity index (χ0) is 27.8. The zero-order valence-electron chi connectivity index (χ0n) is 27.4. The van der Waals surface area contributed by atoms with Crippen LogP contribution in [0.2, 0.25) is 0 Å². The average molecular weight is 576 g/mol. The van der Waals surface area contributed by atoms with E-state index in [0.717, 1.165) is 13.1 Å². The maximum absolute atomic E-state index is 11.0. The largest absolute Gasteiger partial charge is 1.00 e. The number of rotatable bonds is 33. The van der Waals surface area contributed by atoms with Crippen LogP contribution in [0.15, 0.2) is 0 Å². The SMILES string of the molecule is CCCCCCCCCCCCCCCCN(CCCCCCCCCCCCCCCC)CCC(=O)[O-].[K+]. The first-order valence-corrected chi connectivity index (χ1v) is 17.6. The van der Waals surface area contributed by atoms with Crippen LogP contribution in [0, 0.1) is 0 Å². The van der Waals surface area contributed by atoms with Crippen molar-refractivity contribution in [2.45, 2.75) is 200 Å². The van der Waals surface area contributed by atoms with Gasteiger partial charge in [-0.05, 0) is 32.4 Å². The van der Waals surface area contributed by atoms with Gasteiger partial charge in [-0.3, -0.25) is 0 Å². The fourth-order valence-corrected chi connectivity index (χ4v) is 5.64. The van der Waals surface area contributed by atoms with Crippen LogP contribution in [-0.2, 0) is 4.79 Å². The Balaban J connectivity index is 0. The second-order valence-corrected chi connectivity index (χ2v) is 12.2. The molecule has 0 saturated heterocycles. The van der Waals surface area contributed by atoms with Gasteiger partial charge in [0.1, 0.15) is 0 Å². The maximum Gasteiger partial charge on any atom is 1.00 e. The van der Waals surface area contributed by atoms with Crippen molar-refractivity contribution in [1.29, 1.82) is 0 Å². The molecule has 0 fully saturated rings. The Morgan fingerprint density at radius 1 is 0.410 bits per heavy atom. The summed E-state index contributed by atoms with van der Waals surface area (Å²) in [6.07, 6.45) is 38.9. The standard InChI is InChI=1S/C35H71NO2.K/c1-3-5-7-9-11-13-15-17-19-21-23-25-27-29-32-36(34-31-35(37)38)33-30-28-26-24-22-20-18-16-14-12-10-8-6-4-2;/h3-34H2,1-2H3,(H,37,38);/q;+1/p-1. The molecule has 0 aliphatic rings. The molecule has 0 aromatic heterocycles. The van der Waals surface area contributed by atoms with E-state index in [4.69, 9.17) is 0 Å². The third-order valence-corrected chi connectivity index (χ3v) is 8.29. The quantitative estimate of drug-likeness (QED) is 0.0605. The summed E-state index contributed by atoms with van der Waals surface area (Å²) in [5.41, 5.74) is 0. The van der Waals surface area contributed by atoms with Crippen molar-refractivity contribution in [2.75, 3.05) is 19.6 Å². The Labute approximate surface area is 289 Å². The van der Waals surface area contributed by atoms with E-state index in [1.807, 2.05) is 0 Å². The van der Waals surface area contributed by atoms with Crippen LogP contribution < -0.4 is 56.5 Å². The van der Waals surface area contributed by atoms with Gasteiger partial charge in [-0.1, -0.05) is 181 Å². The molecule has 0 heterocycles. The third kappa shape index (κ3) is 37.0. The first-order chi connectivity index (χ1) is 18.7. The molecule has 0 unspecified atom stereocenters. The molecule has 4 heteroatoms. The van der Waals surface area contributed by atoms with E-state index >= 15 is 0 Å². The van der Waals surface area contributed by atoms with E-state index in [1.54, 1.807) is 0 Å². The molecule has 0 aliphatic carbocycles. The summed E-state index contributed by atoms with van der Waals surface area (Å²) in [7, 11) is 0. The normalized spacial score (nSPS) is 11.3. The molecular formula is C35H70KNO2. The minimum absolute atomic E-state index is 0. The molecule has 39 heavy (non-hydrogen) atoms. The molecule has 0 radical (unpaired) electrons. The Bertz CT molecular complexity index is 428. The van der Waals surface area contributed by atoms with Crippen molar-refractivity contribution in [3.63, 3.8) is 0 Å². The van der Waals surface area contributed by atoms with Crippen LogP contribution in [0.1, 0.15) is 200 Å². The van der Waals surface area contributed by atoms with Gasteiger partial charge >= 0.3 is 51.4 Å². The summed E-state index contributed by atoms with van der Waals surface area (Å²) < 4.78 is 0. The minimum atomic E-state index is -0.906. The van der Waals surface area contributed by atoms with E-state index in [1.165, 1.54) is 180 Å². The van der Waals surface area contributed by atoms with Gasteiger partial charge in [-0.25, -0.2) is 0 Å². The number of carboxylic acids is 1. The number of hydrogen-bond acceptors (Lipinski definition) is 3. The van der Waals surface area contributed by atoms with Gasteiger partial charge < -0.3 is 14.8 Å². The number of aliphatic carboxylic acids is 1. The van der Waals surface area contributed by atoms with E-state index in [-0.39, 0.29) is 57.8 Å². The molecule has 0 bridgehead atoms. The van der Waals surface area contributed by atoms with Crippen molar-refractivity contribution >= 4 is 5.97 Å². The van der Waals surface area contributed by atoms with Crippen molar-refractivity contribution in [3.8, 4) is 0 Å². The first kappa shape index (κ1) is 42.2. The van der Waals surface area contributed by atoms with Gasteiger partial charge in [0.05, 0.1) is 0 Å². The van der Waals surface area contributed by atoms with Gasteiger partial charge in [0, 0.05) is 12.5 Å². The number of hydrogen-bond donors (Lipinski definition) is 0.